The maximum atomic E-state index is 15.4. The predicted octanol–water partition coefficient (Wildman–Crippen LogP) is 11.3. The first-order valence-electron chi connectivity index (χ1n) is 14.4. The number of nitrogens with zero attached hydrogens (tertiary/aromatic N) is 2. The monoisotopic (exact) mass is 716 g/mol. The number of halogens is 10. The molecule has 5 heterocycles. The van der Waals surface area contributed by atoms with Crippen LogP contribution in [0.25, 0.3) is 65.4 Å². The molecule has 0 spiro atoms. The molecule has 0 fully saturated rings. The molecule has 0 atom stereocenters. The minimum atomic E-state index is -2.39. The fourth-order valence-corrected chi connectivity index (χ4v) is 8.66. The summed E-state index contributed by atoms with van der Waals surface area (Å²) < 4.78 is 149. The molecule has 8 rings (SSSR count). The van der Waals surface area contributed by atoms with Crippen LogP contribution in [0.4, 0.5) is 43.9 Å². The molecular formula is C35H14F10N2S2. The summed E-state index contributed by atoms with van der Waals surface area (Å²) in [6.07, 6.45) is 7.93. The Kier molecular flexibility index (Phi) is 7.30. The highest BCUT2D eigenvalue weighted by atomic mass is 32.1. The van der Waals surface area contributed by atoms with E-state index in [4.69, 9.17) is 0 Å². The van der Waals surface area contributed by atoms with E-state index in [0.29, 0.717) is 22.7 Å². The van der Waals surface area contributed by atoms with E-state index in [9.17, 15) is 26.3 Å². The van der Waals surface area contributed by atoms with Gasteiger partial charge in [-0.05, 0) is 79.0 Å². The van der Waals surface area contributed by atoms with Crippen molar-refractivity contribution in [2.24, 2.45) is 0 Å². The van der Waals surface area contributed by atoms with E-state index in [1.807, 2.05) is 0 Å². The van der Waals surface area contributed by atoms with Crippen LogP contribution in [0.2, 0.25) is 0 Å². The summed E-state index contributed by atoms with van der Waals surface area (Å²) in [6.45, 7) is 0. The van der Waals surface area contributed by atoms with Gasteiger partial charge in [-0.15, -0.1) is 22.7 Å². The fourth-order valence-electron chi connectivity index (χ4n) is 6.24. The number of rotatable bonds is 2. The number of aryl methyl sites for hydroxylation is 2. The molecule has 3 aliphatic rings. The molecule has 0 unspecified atom stereocenters. The average Bonchev–Trinajstić information content (AvgIpc) is 3.93. The fraction of sp³-hybridized carbons (Fsp3) is 0.0857. The Morgan fingerprint density at radius 1 is 0.408 bits per heavy atom. The minimum absolute atomic E-state index is 0.200. The van der Waals surface area contributed by atoms with Crippen molar-refractivity contribution in [2.75, 3.05) is 0 Å². The summed E-state index contributed by atoms with van der Waals surface area (Å²) in [5, 5.41) is 0. The highest BCUT2D eigenvalue weighted by molar-refractivity contribution is 7.24. The van der Waals surface area contributed by atoms with Crippen molar-refractivity contribution in [3.05, 3.63) is 116 Å². The second-order valence-electron chi connectivity index (χ2n) is 11.2. The van der Waals surface area contributed by atoms with Gasteiger partial charge in [0, 0.05) is 29.9 Å². The average molecular weight is 717 g/mol. The van der Waals surface area contributed by atoms with E-state index < -0.39 is 80.4 Å². The lowest BCUT2D eigenvalue weighted by Gasteiger charge is -2.10. The molecule has 0 radical (unpaired) electrons. The van der Waals surface area contributed by atoms with Crippen molar-refractivity contribution >= 4 is 65.8 Å². The topological polar surface area (TPSA) is 25.8 Å². The van der Waals surface area contributed by atoms with Crippen molar-refractivity contribution < 1.29 is 43.9 Å². The van der Waals surface area contributed by atoms with E-state index in [1.54, 1.807) is 12.1 Å². The molecule has 0 saturated carbocycles. The lowest BCUT2D eigenvalue weighted by atomic mass is 10.0. The number of fused-ring (bicyclic) bond motifs is 11. The van der Waals surface area contributed by atoms with E-state index >= 15 is 17.6 Å². The standard InChI is InChI=1S/C35H14F10N2S2/c36-26-24(27(37)31(41)34(44)30(26)40)22-16-6-4-12(46-16)10-20-14-2-1-3-15(14)21(49-20)11-13-5-7-17(47-13)23(19-9-8-18(22)48-19)25-28(38)32(42)35(45)33(43)29(25)39/h4-11H,1-3H2. The highest BCUT2D eigenvalue weighted by Gasteiger charge is 2.31. The van der Waals surface area contributed by atoms with Gasteiger partial charge in [-0.3, -0.25) is 0 Å². The summed E-state index contributed by atoms with van der Waals surface area (Å²) in [5.41, 5.74) is -1.51. The molecule has 0 amide bonds. The van der Waals surface area contributed by atoms with Crippen LogP contribution in [0, 0.1) is 58.2 Å². The van der Waals surface area contributed by atoms with Crippen molar-refractivity contribution in [3.8, 4) is 22.3 Å². The summed E-state index contributed by atoms with van der Waals surface area (Å²) in [4.78, 5) is 8.93. The molecule has 0 N–H and O–H groups in total. The summed E-state index contributed by atoms with van der Waals surface area (Å²) >= 11 is 1.91. The normalized spacial score (nSPS) is 13.5. The first kappa shape index (κ1) is 31.4. The molecule has 0 saturated heterocycles. The SMILES string of the molecule is Fc1c(F)c(F)c(-c2c3nc(cc4sc(cc5nc(c(-c6c(F)c(F)c(F)c(F)c6F)c6ccc2s6)C=C5)c2c4CCC2)C=C3)c(F)c1F. The molecule has 2 aromatic carbocycles. The van der Waals surface area contributed by atoms with Gasteiger partial charge in [0.25, 0.3) is 0 Å². The van der Waals surface area contributed by atoms with Crippen LogP contribution in [0.15, 0.2) is 24.3 Å². The second kappa shape index (κ2) is 11.4. The van der Waals surface area contributed by atoms with Crippen LogP contribution in [-0.2, 0) is 12.8 Å². The molecule has 8 bridgehead atoms. The second-order valence-corrected chi connectivity index (χ2v) is 13.4. The van der Waals surface area contributed by atoms with Gasteiger partial charge >= 0.3 is 0 Å². The number of hydrogen-bond donors (Lipinski definition) is 0. The van der Waals surface area contributed by atoms with Crippen molar-refractivity contribution in [1.29, 1.82) is 0 Å². The Labute approximate surface area is 277 Å². The molecule has 2 nitrogen and oxygen atoms in total. The Morgan fingerprint density at radius 2 is 0.755 bits per heavy atom. The molecule has 49 heavy (non-hydrogen) atoms. The number of benzene rings is 2. The van der Waals surface area contributed by atoms with Crippen LogP contribution in [-0.4, -0.2) is 9.97 Å². The smallest absolute Gasteiger partial charge is 0.200 e. The summed E-state index contributed by atoms with van der Waals surface area (Å²) in [6, 6.07) is 5.81. The van der Waals surface area contributed by atoms with Gasteiger partial charge in [-0.2, -0.15) is 0 Å². The van der Waals surface area contributed by atoms with Crippen LogP contribution in [0.3, 0.4) is 0 Å². The Morgan fingerprint density at radius 3 is 1.14 bits per heavy atom. The Hall–Kier alpha value is -4.82. The lowest BCUT2D eigenvalue weighted by molar-refractivity contribution is 0.381. The van der Waals surface area contributed by atoms with Crippen molar-refractivity contribution in [1.82, 2.24) is 9.97 Å². The first-order valence-corrected chi connectivity index (χ1v) is 16.1. The lowest BCUT2D eigenvalue weighted by Crippen LogP contribution is -2.05. The van der Waals surface area contributed by atoms with Gasteiger partial charge in [0.05, 0.1) is 33.9 Å². The Balaban J connectivity index is 1.60. The van der Waals surface area contributed by atoms with Crippen LogP contribution in [0.1, 0.15) is 40.3 Å². The molecular weight excluding hydrogens is 703 g/mol. The van der Waals surface area contributed by atoms with Crippen LogP contribution < -0.4 is 0 Å². The number of hydrogen-bond acceptors (Lipinski definition) is 4. The summed E-state index contributed by atoms with van der Waals surface area (Å²) in [5.74, 6) is -22.3. The minimum Gasteiger partial charge on any atom is -0.248 e. The summed E-state index contributed by atoms with van der Waals surface area (Å²) in [7, 11) is 0. The van der Waals surface area contributed by atoms with Gasteiger partial charge in [0.1, 0.15) is 0 Å². The predicted molar refractivity (Wildman–Crippen MR) is 168 cm³/mol. The quantitative estimate of drug-likeness (QED) is 0.101. The zero-order chi connectivity index (χ0) is 34.5. The van der Waals surface area contributed by atoms with Crippen LogP contribution in [0.5, 0.6) is 0 Å². The van der Waals surface area contributed by atoms with E-state index in [0.717, 1.165) is 51.9 Å². The maximum absolute atomic E-state index is 15.4. The maximum Gasteiger partial charge on any atom is 0.200 e. The van der Waals surface area contributed by atoms with Crippen LogP contribution >= 0.6 is 22.7 Å². The molecule has 2 aliphatic heterocycles. The van der Waals surface area contributed by atoms with Crippen molar-refractivity contribution in [2.45, 2.75) is 19.3 Å². The van der Waals surface area contributed by atoms with Gasteiger partial charge < -0.3 is 0 Å². The third-order valence-electron chi connectivity index (χ3n) is 8.44. The number of aromatic nitrogens is 2. The van der Waals surface area contributed by atoms with Gasteiger partial charge in [-0.25, -0.2) is 53.9 Å². The highest BCUT2D eigenvalue weighted by Crippen LogP contribution is 2.44. The van der Waals surface area contributed by atoms with E-state index in [2.05, 4.69) is 9.97 Å². The molecule has 14 heteroatoms. The third-order valence-corrected chi connectivity index (χ3v) is 10.7. The van der Waals surface area contributed by atoms with Gasteiger partial charge in [-0.1, -0.05) is 0 Å². The first-order chi connectivity index (χ1) is 23.4. The van der Waals surface area contributed by atoms with Crippen molar-refractivity contribution in [3.63, 3.8) is 0 Å². The number of thiophene rings is 2. The largest absolute Gasteiger partial charge is 0.248 e. The van der Waals surface area contributed by atoms with E-state index in [1.165, 1.54) is 35.6 Å². The van der Waals surface area contributed by atoms with Gasteiger partial charge in [0.2, 0.25) is 11.6 Å². The molecule has 5 aromatic rings. The van der Waals surface area contributed by atoms with E-state index in [-0.39, 0.29) is 20.8 Å². The Bertz CT molecular complexity index is 2320. The third kappa shape index (κ3) is 4.75. The zero-order valence-electron chi connectivity index (χ0n) is 24.2. The molecule has 246 valence electrons. The zero-order valence-corrected chi connectivity index (χ0v) is 25.9. The molecule has 3 aromatic heterocycles. The molecule has 1 aliphatic carbocycles. The van der Waals surface area contributed by atoms with Gasteiger partial charge in [0.15, 0.2) is 46.5 Å².